The summed E-state index contributed by atoms with van der Waals surface area (Å²) in [7, 11) is 3.87. The number of likely N-dealkylation sites (N-methyl/N-ethyl adjacent to an activating group) is 1. The van der Waals surface area contributed by atoms with Gasteiger partial charge in [-0.15, -0.1) is 0 Å². The summed E-state index contributed by atoms with van der Waals surface area (Å²) >= 11 is 0. The van der Waals surface area contributed by atoms with Crippen molar-refractivity contribution in [3.8, 4) is 0 Å². The molecule has 0 bridgehead atoms. The van der Waals surface area contributed by atoms with E-state index < -0.39 is 0 Å². The molecular formula is C22H28N8. The second-order valence-corrected chi connectivity index (χ2v) is 7.31. The Hall–Kier alpha value is -3.42. The molecule has 0 spiro atoms. The Morgan fingerprint density at radius 2 is 2.23 bits per heavy atom. The summed E-state index contributed by atoms with van der Waals surface area (Å²) in [6.07, 6.45) is 14.8. The van der Waals surface area contributed by atoms with Crippen LogP contribution < -0.4 is 15.6 Å². The molecule has 2 N–H and O–H groups in total. The van der Waals surface area contributed by atoms with Crippen molar-refractivity contribution in [1.82, 2.24) is 24.9 Å². The molecule has 0 fully saturated rings. The second kappa shape index (κ2) is 8.52. The van der Waals surface area contributed by atoms with E-state index in [0.717, 1.165) is 53.7 Å². The smallest absolute Gasteiger partial charge is 0.151 e. The van der Waals surface area contributed by atoms with Crippen LogP contribution in [0.2, 0.25) is 0 Å². The Morgan fingerprint density at radius 1 is 1.37 bits per heavy atom. The molecule has 2 aliphatic heterocycles. The third-order valence-corrected chi connectivity index (χ3v) is 5.34. The van der Waals surface area contributed by atoms with Crippen LogP contribution in [0.25, 0.3) is 17.2 Å². The molecule has 1 atom stereocenters. The zero-order valence-electron chi connectivity index (χ0n) is 17.9. The topological polar surface area (TPSA) is 83.3 Å². The Kier molecular flexibility index (Phi) is 5.65. The molecule has 2 aromatic rings. The summed E-state index contributed by atoms with van der Waals surface area (Å²) in [5.41, 5.74) is 5.08. The van der Waals surface area contributed by atoms with Crippen LogP contribution in [-0.2, 0) is 0 Å². The highest BCUT2D eigenvalue weighted by Crippen LogP contribution is 2.36. The molecule has 1 unspecified atom stereocenters. The number of anilines is 1. The Morgan fingerprint density at radius 3 is 3.03 bits per heavy atom. The molecule has 30 heavy (non-hydrogen) atoms. The van der Waals surface area contributed by atoms with E-state index in [1.807, 2.05) is 18.6 Å². The van der Waals surface area contributed by atoms with E-state index in [-0.39, 0.29) is 6.04 Å². The van der Waals surface area contributed by atoms with Crippen molar-refractivity contribution in [1.29, 1.82) is 0 Å². The molecule has 0 amide bonds. The minimum absolute atomic E-state index is 0.0350. The summed E-state index contributed by atoms with van der Waals surface area (Å²) in [6.45, 7) is 5.80. The van der Waals surface area contributed by atoms with Crippen molar-refractivity contribution in [3.05, 3.63) is 53.7 Å². The maximum absolute atomic E-state index is 4.67. The predicted octanol–water partition coefficient (Wildman–Crippen LogP) is 2.49. The summed E-state index contributed by atoms with van der Waals surface area (Å²) < 4.78 is 2.15. The molecule has 4 heterocycles. The summed E-state index contributed by atoms with van der Waals surface area (Å²) in [5, 5.41) is 8.97. The van der Waals surface area contributed by atoms with Crippen molar-refractivity contribution in [2.45, 2.75) is 26.3 Å². The molecule has 2 aromatic heterocycles. The molecule has 0 saturated carbocycles. The van der Waals surface area contributed by atoms with E-state index in [1.54, 1.807) is 13.4 Å². The molecule has 0 aliphatic carbocycles. The zero-order valence-corrected chi connectivity index (χ0v) is 17.9. The first-order valence-corrected chi connectivity index (χ1v) is 10.3. The van der Waals surface area contributed by atoms with Crippen LogP contribution in [0.1, 0.15) is 36.1 Å². The first-order chi connectivity index (χ1) is 14.7. The SMILES string of the molecule is CCN/C=C(\C=NC)c1ncnc2c1C(C1C=Cc3ncc(C)n3N1C)=CCCN2. The lowest BCUT2D eigenvalue weighted by Crippen LogP contribution is -2.43. The highest BCUT2D eigenvalue weighted by molar-refractivity contribution is 6.11. The van der Waals surface area contributed by atoms with Crippen LogP contribution in [0.15, 0.2) is 35.9 Å². The van der Waals surface area contributed by atoms with Gasteiger partial charge >= 0.3 is 0 Å². The lowest BCUT2D eigenvalue weighted by atomic mass is 9.93. The molecule has 8 nitrogen and oxygen atoms in total. The largest absolute Gasteiger partial charge is 0.391 e. The summed E-state index contributed by atoms with van der Waals surface area (Å²) in [6, 6.07) is 0.0350. The van der Waals surface area contributed by atoms with Crippen LogP contribution in [0.3, 0.4) is 0 Å². The second-order valence-electron chi connectivity index (χ2n) is 7.31. The fraction of sp³-hybridized carbons (Fsp3) is 0.364. The number of aryl methyl sites for hydroxylation is 1. The maximum atomic E-state index is 4.67. The van der Waals surface area contributed by atoms with Gasteiger partial charge in [-0.25, -0.2) is 19.6 Å². The lowest BCUT2D eigenvalue weighted by molar-refractivity contribution is 0.613. The number of nitrogens with one attached hydrogen (secondary N) is 2. The summed E-state index contributed by atoms with van der Waals surface area (Å²) in [5.74, 6) is 1.79. The zero-order chi connectivity index (χ0) is 21.1. The number of imidazole rings is 1. The van der Waals surface area contributed by atoms with Crippen LogP contribution in [0.5, 0.6) is 0 Å². The van der Waals surface area contributed by atoms with E-state index in [0.29, 0.717) is 0 Å². The molecule has 156 valence electrons. The monoisotopic (exact) mass is 404 g/mol. The fourth-order valence-corrected chi connectivity index (χ4v) is 4.02. The Labute approximate surface area is 177 Å². The molecule has 0 saturated heterocycles. The van der Waals surface area contributed by atoms with Gasteiger partial charge < -0.3 is 15.6 Å². The highest BCUT2D eigenvalue weighted by atomic mass is 15.6. The maximum Gasteiger partial charge on any atom is 0.151 e. The number of hydrogen-bond acceptors (Lipinski definition) is 7. The van der Waals surface area contributed by atoms with E-state index >= 15 is 0 Å². The minimum Gasteiger partial charge on any atom is -0.391 e. The molecule has 8 heteroatoms. The molecule has 0 aromatic carbocycles. The van der Waals surface area contributed by atoms with Crippen molar-refractivity contribution in [2.24, 2.45) is 4.99 Å². The average Bonchev–Trinajstić information content (AvgIpc) is 3.00. The van der Waals surface area contributed by atoms with Gasteiger partial charge in [0.25, 0.3) is 0 Å². The number of nitrogens with zero attached hydrogens (tertiary/aromatic N) is 6. The van der Waals surface area contributed by atoms with Gasteiger partial charge in [-0.3, -0.25) is 4.99 Å². The molecule has 4 rings (SSSR count). The van der Waals surface area contributed by atoms with Crippen molar-refractivity contribution >= 4 is 29.3 Å². The number of hydrogen-bond donors (Lipinski definition) is 2. The molecule has 0 radical (unpaired) electrons. The third-order valence-electron chi connectivity index (χ3n) is 5.34. The first kappa shape index (κ1) is 19.9. The summed E-state index contributed by atoms with van der Waals surface area (Å²) in [4.78, 5) is 18.0. The van der Waals surface area contributed by atoms with Gasteiger partial charge in [-0.1, -0.05) is 12.2 Å². The van der Waals surface area contributed by atoms with Gasteiger partial charge in [0.1, 0.15) is 12.1 Å². The van der Waals surface area contributed by atoms with Crippen LogP contribution in [-0.4, -0.2) is 59.1 Å². The van der Waals surface area contributed by atoms with Gasteiger partial charge in [0.2, 0.25) is 0 Å². The number of aliphatic imine (C=N–C) groups is 1. The standard InChI is InChI=1S/C22H28N8/c1-5-24-13-16(12-23-3)21-20-17(7-6-10-25-22(20)28-14-27-21)18-8-9-19-26-11-15(2)30(19)29(18)4/h7-9,11-14,18,24H,5-6,10H2,1-4H3,(H,25,27,28)/b16-13+,23-12?. The van der Waals surface area contributed by atoms with E-state index in [2.05, 4.69) is 79.4 Å². The van der Waals surface area contributed by atoms with Crippen molar-refractivity contribution in [2.75, 3.05) is 37.5 Å². The minimum atomic E-state index is 0.0350. The van der Waals surface area contributed by atoms with Gasteiger partial charge in [0, 0.05) is 50.7 Å². The molecule has 2 aliphatic rings. The number of aromatic nitrogens is 4. The molecular weight excluding hydrogens is 376 g/mol. The first-order valence-electron chi connectivity index (χ1n) is 10.3. The average molecular weight is 405 g/mol. The van der Waals surface area contributed by atoms with E-state index in [4.69, 9.17) is 0 Å². The van der Waals surface area contributed by atoms with Crippen molar-refractivity contribution < 1.29 is 0 Å². The van der Waals surface area contributed by atoms with Gasteiger partial charge in [0.05, 0.1) is 23.6 Å². The Balaban J connectivity index is 1.86. The highest BCUT2D eigenvalue weighted by Gasteiger charge is 2.30. The predicted molar refractivity (Wildman–Crippen MR) is 123 cm³/mol. The number of fused-ring (bicyclic) bond motifs is 2. The van der Waals surface area contributed by atoms with E-state index in [1.165, 1.54) is 5.57 Å². The number of allylic oxidation sites excluding steroid dienone is 1. The third kappa shape index (κ3) is 3.49. The van der Waals surface area contributed by atoms with Crippen LogP contribution in [0, 0.1) is 6.92 Å². The normalized spacial score (nSPS) is 18.5. The fourth-order valence-electron chi connectivity index (χ4n) is 4.02. The van der Waals surface area contributed by atoms with Crippen LogP contribution in [0.4, 0.5) is 5.82 Å². The Bertz CT molecular complexity index is 1040. The van der Waals surface area contributed by atoms with E-state index in [9.17, 15) is 0 Å². The van der Waals surface area contributed by atoms with Gasteiger partial charge in [-0.05, 0) is 31.9 Å². The van der Waals surface area contributed by atoms with Crippen LogP contribution >= 0.6 is 0 Å². The lowest BCUT2D eigenvalue weighted by Gasteiger charge is -2.35. The van der Waals surface area contributed by atoms with Crippen molar-refractivity contribution in [3.63, 3.8) is 0 Å². The number of rotatable bonds is 5. The van der Waals surface area contributed by atoms with Gasteiger partial charge in [0.15, 0.2) is 5.82 Å². The van der Waals surface area contributed by atoms with Gasteiger partial charge in [-0.2, -0.15) is 0 Å². The quantitative estimate of drug-likeness (QED) is 0.745.